The van der Waals surface area contributed by atoms with Crippen LogP contribution in [0.15, 0.2) is 97.5 Å². The number of hydrogen-bond acceptors (Lipinski definition) is 4. The average Bonchev–Trinajstić information content (AvgIpc) is 3.36. The molecule has 1 heterocycles. The number of nitriles is 2. The maximum Gasteiger partial charge on any atom is 0.103 e. The minimum atomic E-state index is -0.220. The van der Waals surface area contributed by atoms with E-state index in [-0.39, 0.29) is 18.5 Å². The lowest BCUT2D eigenvalue weighted by atomic mass is 9.93. The second-order valence-corrected chi connectivity index (χ2v) is 8.76. The molecule has 0 saturated carbocycles. The van der Waals surface area contributed by atoms with Gasteiger partial charge in [-0.05, 0) is 51.7 Å². The first-order valence-electron chi connectivity index (χ1n) is 11.7. The van der Waals surface area contributed by atoms with Crippen molar-refractivity contribution >= 4 is 23.2 Å². The van der Waals surface area contributed by atoms with Crippen LogP contribution in [0.2, 0.25) is 0 Å². The largest absolute Gasteiger partial charge is 0.367 e. The smallest absolute Gasteiger partial charge is 0.103 e. The molecule has 1 unspecified atom stereocenters. The first-order valence-corrected chi connectivity index (χ1v) is 11.7. The van der Waals surface area contributed by atoms with Gasteiger partial charge in [0.25, 0.3) is 0 Å². The van der Waals surface area contributed by atoms with Crippen LogP contribution in [0, 0.1) is 22.7 Å². The molecule has 0 spiro atoms. The van der Waals surface area contributed by atoms with E-state index in [1.165, 1.54) is 0 Å². The molecule has 0 aliphatic heterocycles. The van der Waals surface area contributed by atoms with Gasteiger partial charge < -0.3 is 9.30 Å². The Hall–Kier alpha value is -4.42. The highest BCUT2D eigenvalue weighted by Crippen LogP contribution is 2.32. The maximum absolute atomic E-state index is 9.81. The van der Waals surface area contributed by atoms with Crippen molar-refractivity contribution in [2.24, 2.45) is 7.05 Å². The fourth-order valence-corrected chi connectivity index (χ4v) is 4.51. The van der Waals surface area contributed by atoms with Crippen molar-refractivity contribution in [3.05, 3.63) is 125 Å². The normalized spacial score (nSPS) is 11.3. The highest BCUT2D eigenvalue weighted by Gasteiger charge is 2.18. The molecule has 4 aromatic carbocycles. The number of aryl methyl sites for hydroxylation is 1. The van der Waals surface area contributed by atoms with Crippen molar-refractivity contribution in [2.45, 2.75) is 19.1 Å². The van der Waals surface area contributed by atoms with Crippen LogP contribution in [0.3, 0.4) is 0 Å². The predicted octanol–water partition coefficient (Wildman–Crippen LogP) is 6.91. The maximum atomic E-state index is 9.81. The summed E-state index contributed by atoms with van der Waals surface area (Å²) in [5.41, 5.74) is 6.25. The molecule has 1 aromatic heterocycles. The SMILES string of the molecule is Cl.Cn1cncc1C(Cc1ccc(C#N)cc1)OCc1ccc(C#N)c(-c2cccc3ccccc23)c1. The number of imidazole rings is 1. The van der Waals surface area contributed by atoms with Crippen LogP contribution in [0.5, 0.6) is 0 Å². The Bertz CT molecular complexity index is 1600. The molecule has 0 amide bonds. The van der Waals surface area contributed by atoms with Crippen LogP contribution in [-0.4, -0.2) is 9.55 Å². The average molecular weight is 505 g/mol. The van der Waals surface area contributed by atoms with E-state index in [9.17, 15) is 5.26 Å². The van der Waals surface area contributed by atoms with Crippen molar-refractivity contribution in [1.29, 1.82) is 10.5 Å². The molecule has 37 heavy (non-hydrogen) atoms. The molecule has 0 aliphatic rings. The Morgan fingerprint density at radius 1 is 0.865 bits per heavy atom. The fourth-order valence-electron chi connectivity index (χ4n) is 4.51. The Kier molecular flexibility index (Phi) is 8.01. The van der Waals surface area contributed by atoms with Gasteiger partial charge in [-0.2, -0.15) is 10.5 Å². The van der Waals surface area contributed by atoms with Crippen molar-refractivity contribution in [2.75, 3.05) is 0 Å². The van der Waals surface area contributed by atoms with E-state index < -0.39 is 0 Å². The second kappa shape index (κ2) is 11.5. The molecule has 0 radical (unpaired) electrons. The van der Waals surface area contributed by atoms with E-state index in [1.807, 2.05) is 72.4 Å². The van der Waals surface area contributed by atoms with Crippen molar-refractivity contribution in [3.8, 4) is 23.3 Å². The van der Waals surface area contributed by atoms with Crippen LogP contribution in [0.25, 0.3) is 21.9 Å². The number of benzene rings is 4. The van der Waals surface area contributed by atoms with Crippen molar-refractivity contribution in [1.82, 2.24) is 9.55 Å². The molecule has 0 saturated heterocycles. The monoisotopic (exact) mass is 504 g/mol. The standard InChI is InChI=1S/C31H24N4O.ClH/c1-35-21-34-19-30(35)31(16-22-9-11-23(17-32)12-10-22)36-20-24-13-14-26(18-33)29(15-24)28-8-4-6-25-5-2-3-7-27(25)28;/h2-15,19,21,31H,16,20H2,1H3;1H. The highest BCUT2D eigenvalue weighted by molar-refractivity contribution is 5.97. The lowest BCUT2D eigenvalue weighted by molar-refractivity contribution is 0.0353. The molecule has 0 fully saturated rings. The molecule has 0 aliphatic carbocycles. The summed E-state index contributed by atoms with van der Waals surface area (Å²) in [6.07, 6.45) is 4.03. The van der Waals surface area contributed by atoms with Gasteiger partial charge in [-0.3, -0.25) is 0 Å². The summed E-state index contributed by atoms with van der Waals surface area (Å²) in [4.78, 5) is 4.28. The molecule has 0 bridgehead atoms. The van der Waals surface area contributed by atoms with Crippen LogP contribution < -0.4 is 0 Å². The number of fused-ring (bicyclic) bond motifs is 1. The minimum Gasteiger partial charge on any atom is -0.367 e. The molecule has 5 aromatic rings. The van der Waals surface area contributed by atoms with Gasteiger partial charge in [-0.25, -0.2) is 4.98 Å². The summed E-state index contributed by atoms with van der Waals surface area (Å²) in [5, 5.41) is 21.2. The zero-order chi connectivity index (χ0) is 24.9. The number of aromatic nitrogens is 2. The number of halogens is 1. The Morgan fingerprint density at radius 2 is 1.62 bits per heavy atom. The molecular weight excluding hydrogens is 480 g/mol. The fraction of sp³-hybridized carbons (Fsp3) is 0.129. The van der Waals surface area contributed by atoms with Crippen molar-refractivity contribution < 1.29 is 4.74 Å². The van der Waals surface area contributed by atoms with E-state index >= 15 is 0 Å². The van der Waals surface area contributed by atoms with E-state index in [4.69, 9.17) is 10.00 Å². The lowest BCUT2D eigenvalue weighted by Gasteiger charge is -2.19. The molecule has 5 rings (SSSR count). The van der Waals surface area contributed by atoms with Gasteiger partial charge in [0.05, 0.1) is 48.1 Å². The highest BCUT2D eigenvalue weighted by atomic mass is 35.5. The third kappa shape index (κ3) is 5.55. The lowest BCUT2D eigenvalue weighted by Crippen LogP contribution is -2.12. The van der Waals surface area contributed by atoms with Crippen molar-refractivity contribution in [3.63, 3.8) is 0 Å². The van der Waals surface area contributed by atoms with Gasteiger partial charge in [0.1, 0.15) is 6.10 Å². The Labute approximate surface area is 222 Å². The topological polar surface area (TPSA) is 74.6 Å². The Balaban J connectivity index is 0.00000320. The molecule has 5 nitrogen and oxygen atoms in total. The van der Waals surface area contributed by atoms with E-state index in [0.29, 0.717) is 24.2 Å². The van der Waals surface area contributed by atoms with Gasteiger partial charge in [-0.1, -0.05) is 60.7 Å². The summed E-state index contributed by atoms with van der Waals surface area (Å²) in [6.45, 7) is 0.385. The van der Waals surface area contributed by atoms with Gasteiger partial charge in [0, 0.05) is 19.0 Å². The van der Waals surface area contributed by atoms with Gasteiger partial charge in [0.2, 0.25) is 0 Å². The summed E-state index contributed by atoms with van der Waals surface area (Å²) in [6, 6.07) is 32.4. The van der Waals surface area contributed by atoms with Crippen LogP contribution in [0.4, 0.5) is 0 Å². The Morgan fingerprint density at radius 3 is 2.35 bits per heavy atom. The van der Waals surface area contributed by atoms with Gasteiger partial charge >= 0.3 is 0 Å². The number of nitrogens with zero attached hydrogens (tertiary/aromatic N) is 4. The molecule has 182 valence electrons. The van der Waals surface area contributed by atoms with Crippen LogP contribution >= 0.6 is 12.4 Å². The van der Waals surface area contributed by atoms with E-state index in [0.717, 1.165) is 38.7 Å². The third-order valence-corrected chi connectivity index (χ3v) is 6.42. The second-order valence-electron chi connectivity index (χ2n) is 8.76. The first kappa shape index (κ1) is 25.7. The zero-order valence-corrected chi connectivity index (χ0v) is 21.2. The van der Waals surface area contributed by atoms with Crippen LogP contribution in [-0.2, 0) is 24.8 Å². The summed E-state index contributed by atoms with van der Waals surface area (Å²) in [7, 11) is 1.96. The molecule has 1 atom stereocenters. The molecular formula is C31H25ClN4O. The summed E-state index contributed by atoms with van der Waals surface area (Å²) >= 11 is 0. The van der Waals surface area contributed by atoms with Gasteiger partial charge in [0.15, 0.2) is 0 Å². The third-order valence-electron chi connectivity index (χ3n) is 6.42. The zero-order valence-electron chi connectivity index (χ0n) is 20.3. The molecule has 6 heteroatoms. The predicted molar refractivity (Wildman–Crippen MR) is 147 cm³/mol. The quantitative estimate of drug-likeness (QED) is 0.241. The summed E-state index contributed by atoms with van der Waals surface area (Å²) < 4.78 is 8.42. The van der Waals surface area contributed by atoms with E-state index in [1.54, 1.807) is 6.33 Å². The first-order chi connectivity index (χ1) is 17.7. The van der Waals surface area contributed by atoms with Crippen LogP contribution in [0.1, 0.15) is 34.1 Å². The number of rotatable bonds is 7. The minimum absolute atomic E-state index is 0. The van der Waals surface area contributed by atoms with Gasteiger partial charge in [-0.15, -0.1) is 12.4 Å². The number of hydrogen-bond donors (Lipinski definition) is 0. The number of ether oxygens (including phenoxy) is 1. The van der Waals surface area contributed by atoms with E-state index in [2.05, 4.69) is 47.5 Å². The summed E-state index contributed by atoms with van der Waals surface area (Å²) in [5.74, 6) is 0. The molecule has 0 N–H and O–H groups in total.